The number of hydrogen-bond acceptors (Lipinski definition) is 4. The number of nitrogens with one attached hydrogen (secondary N) is 1. The number of anilines is 1. The van der Waals surface area contributed by atoms with Gasteiger partial charge in [-0.05, 0) is 25.1 Å². The summed E-state index contributed by atoms with van der Waals surface area (Å²) in [7, 11) is 1.27. The number of carbonyl (C=O) groups excluding carboxylic acids is 1. The van der Waals surface area contributed by atoms with E-state index in [0.717, 1.165) is 6.07 Å². The summed E-state index contributed by atoms with van der Waals surface area (Å²) in [6.07, 6.45) is 0. The molecule has 0 radical (unpaired) electrons. The molecule has 1 unspecified atom stereocenters. The first-order valence-corrected chi connectivity index (χ1v) is 4.62. The van der Waals surface area contributed by atoms with Crippen LogP contribution in [0.1, 0.15) is 12.5 Å². The fourth-order valence-corrected chi connectivity index (χ4v) is 1.20. The van der Waals surface area contributed by atoms with Crippen molar-refractivity contribution in [2.45, 2.75) is 13.0 Å². The number of halogens is 1. The normalized spacial score (nSPS) is 11.4. The van der Waals surface area contributed by atoms with E-state index in [1.165, 1.54) is 19.2 Å². The first-order chi connectivity index (χ1) is 7.58. The van der Waals surface area contributed by atoms with Gasteiger partial charge in [-0.1, -0.05) is 0 Å². The topological polar surface area (TPSA) is 62.1 Å². The Morgan fingerprint density at radius 1 is 1.62 bits per heavy atom. The highest BCUT2D eigenvalue weighted by molar-refractivity contribution is 5.79. The van der Waals surface area contributed by atoms with Crippen molar-refractivity contribution >= 4 is 11.7 Å². The first-order valence-electron chi connectivity index (χ1n) is 4.62. The van der Waals surface area contributed by atoms with Crippen LogP contribution in [0, 0.1) is 17.1 Å². The van der Waals surface area contributed by atoms with E-state index >= 15 is 0 Å². The Labute approximate surface area is 92.6 Å². The molecular weight excluding hydrogens is 211 g/mol. The maximum absolute atomic E-state index is 12.8. The average molecular weight is 222 g/mol. The van der Waals surface area contributed by atoms with E-state index < -0.39 is 17.8 Å². The van der Waals surface area contributed by atoms with Gasteiger partial charge < -0.3 is 10.1 Å². The summed E-state index contributed by atoms with van der Waals surface area (Å²) in [4.78, 5) is 11.1. The zero-order valence-corrected chi connectivity index (χ0v) is 8.95. The highest BCUT2D eigenvalue weighted by atomic mass is 19.1. The minimum Gasteiger partial charge on any atom is -0.467 e. The molecule has 5 heteroatoms. The first kappa shape index (κ1) is 12.0. The Bertz CT molecular complexity index is 440. The summed E-state index contributed by atoms with van der Waals surface area (Å²) >= 11 is 0. The lowest BCUT2D eigenvalue weighted by atomic mass is 10.1. The number of esters is 1. The number of methoxy groups -OCH3 is 1. The molecule has 1 atom stereocenters. The number of hydrogen-bond donors (Lipinski definition) is 1. The standard InChI is InChI=1S/C11H11FN2O2/c1-7(11(15)16-2)14-10-4-3-9(12)5-8(10)6-13/h3-5,7,14H,1-2H3. The Hall–Kier alpha value is -2.09. The van der Waals surface area contributed by atoms with E-state index in [9.17, 15) is 9.18 Å². The summed E-state index contributed by atoms with van der Waals surface area (Å²) in [5, 5.41) is 11.6. The average Bonchev–Trinajstić information content (AvgIpc) is 2.30. The molecule has 84 valence electrons. The third kappa shape index (κ3) is 2.70. The molecule has 0 saturated carbocycles. The van der Waals surface area contributed by atoms with Gasteiger partial charge in [0, 0.05) is 0 Å². The molecule has 0 aromatic heterocycles. The van der Waals surface area contributed by atoms with Crippen LogP contribution in [0.3, 0.4) is 0 Å². The molecule has 1 aromatic carbocycles. The van der Waals surface area contributed by atoms with Crippen molar-refractivity contribution in [1.29, 1.82) is 5.26 Å². The number of ether oxygens (including phenoxy) is 1. The van der Waals surface area contributed by atoms with Gasteiger partial charge in [0.1, 0.15) is 17.9 Å². The van der Waals surface area contributed by atoms with E-state index in [1.807, 2.05) is 6.07 Å². The van der Waals surface area contributed by atoms with E-state index in [0.29, 0.717) is 5.69 Å². The molecule has 4 nitrogen and oxygen atoms in total. The number of rotatable bonds is 3. The molecule has 16 heavy (non-hydrogen) atoms. The monoisotopic (exact) mass is 222 g/mol. The molecule has 1 aromatic rings. The number of nitrogens with zero attached hydrogens (tertiary/aromatic N) is 1. The van der Waals surface area contributed by atoms with Crippen LogP contribution >= 0.6 is 0 Å². The Morgan fingerprint density at radius 3 is 2.88 bits per heavy atom. The van der Waals surface area contributed by atoms with Crippen LogP contribution < -0.4 is 5.32 Å². The molecule has 0 amide bonds. The second-order valence-electron chi connectivity index (χ2n) is 3.19. The van der Waals surface area contributed by atoms with Gasteiger partial charge in [0.15, 0.2) is 0 Å². The Kier molecular flexibility index (Phi) is 3.84. The Balaban J connectivity index is 2.90. The molecule has 1 rings (SSSR count). The van der Waals surface area contributed by atoms with Gasteiger partial charge in [-0.3, -0.25) is 0 Å². The summed E-state index contributed by atoms with van der Waals surface area (Å²) in [6.45, 7) is 1.59. The van der Waals surface area contributed by atoms with Crippen molar-refractivity contribution in [1.82, 2.24) is 0 Å². The highest BCUT2D eigenvalue weighted by Crippen LogP contribution is 2.17. The molecule has 0 saturated heterocycles. The molecule has 0 aliphatic rings. The second kappa shape index (κ2) is 5.12. The molecule has 0 fully saturated rings. The van der Waals surface area contributed by atoms with Gasteiger partial charge in [-0.15, -0.1) is 0 Å². The quantitative estimate of drug-likeness (QED) is 0.790. The maximum atomic E-state index is 12.8. The minimum atomic E-state index is -0.595. The van der Waals surface area contributed by atoms with Crippen LogP contribution in [0.4, 0.5) is 10.1 Å². The zero-order chi connectivity index (χ0) is 12.1. The minimum absolute atomic E-state index is 0.149. The van der Waals surface area contributed by atoms with Gasteiger partial charge in [-0.25, -0.2) is 9.18 Å². The lowest BCUT2D eigenvalue weighted by Gasteiger charge is -2.13. The third-order valence-corrected chi connectivity index (χ3v) is 2.03. The van der Waals surface area contributed by atoms with Gasteiger partial charge in [0.2, 0.25) is 0 Å². The van der Waals surface area contributed by atoms with Crippen molar-refractivity contribution in [2.24, 2.45) is 0 Å². The zero-order valence-electron chi connectivity index (χ0n) is 8.95. The highest BCUT2D eigenvalue weighted by Gasteiger charge is 2.14. The van der Waals surface area contributed by atoms with Gasteiger partial charge in [-0.2, -0.15) is 5.26 Å². The van der Waals surface area contributed by atoms with E-state index in [2.05, 4.69) is 10.1 Å². The SMILES string of the molecule is COC(=O)C(C)Nc1ccc(F)cc1C#N. The van der Waals surface area contributed by atoms with Crippen molar-refractivity contribution in [3.63, 3.8) is 0 Å². The molecule has 1 N–H and O–H groups in total. The van der Waals surface area contributed by atoms with Gasteiger partial charge in [0.05, 0.1) is 18.4 Å². The number of carbonyl (C=O) groups is 1. The molecule has 0 aliphatic carbocycles. The largest absolute Gasteiger partial charge is 0.467 e. The fourth-order valence-electron chi connectivity index (χ4n) is 1.20. The predicted octanol–water partition coefficient (Wildman–Crippen LogP) is 1.67. The van der Waals surface area contributed by atoms with Crippen LogP contribution in [0.25, 0.3) is 0 Å². The van der Waals surface area contributed by atoms with Gasteiger partial charge >= 0.3 is 5.97 Å². The van der Waals surface area contributed by atoms with Crippen LogP contribution in [-0.2, 0) is 9.53 Å². The molecule has 0 aliphatic heterocycles. The van der Waals surface area contributed by atoms with Crippen molar-refractivity contribution < 1.29 is 13.9 Å². The lowest BCUT2D eigenvalue weighted by Crippen LogP contribution is -2.27. The summed E-state index contributed by atoms with van der Waals surface area (Å²) < 4.78 is 17.3. The Morgan fingerprint density at radius 2 is 2.31 bits per heavy atom. The fraction of sp³-hybridized carbons (Fsp3) is 0.273. The summed E-state index contributed by atoms with van der Waals surface area (Å²) in [6, 6.07) is 4.98. The van der Waals surface area contributed by atoms with Crippen LogP contribution in [-0.4, -0.2) is 19.1 Å². The van der Waals surface area contributed by atoms with E-state index in [1.54, 1.807) is 6.92 Å². The predicted molar refractivity (Wildman–Crippen MR) is 56.2 cm³/mol. The lowest BCUT2D eigenvalue weighted by molar-refractivity contribution is -0.141. The molecule has 0 spiro atoms. The summed E-state index contributed by atoms with van der Waals surface area (Å²) in [5.74, 6) is -0.943. The third-order valence-electron chi connectivity index (χ3n) is 2.03. The van der Waals surface area contributed by atoms with Crippen LogP contribution in [0.15, 0.2) is 18.2 Å². The van der Waals surface area contributed by atoms with Crippen LogP contribution in [0.2, 0.25) is 0 Å². The van der Waals surface area contributed by atoms with Gasteiger partial charge in [0.25, 0.3) is 0 Å². The molecule has 0 bridgehead atoms. The van der Waals surface area contributed by atoms with E-state index in [4.69, 9.17) is 5.26 Å². The summed E-state index contributed by atoms with van der Waals surface area (Å²) in [5.41, 5.74) is 0.553. The number of nitriles is 1. The van der Waals surface area contributed by atoms with Crippen molar-refractivity contribution in [2.75, 3.05) is 12.4 Å². The smallest absolute Gasteiger partial charge is 0.327 e. The number of benzene rings is 1. The van der Waals surface area contributed by atoms with Crippen molar-refractivity contribution in [3.8, 4) is 6.07 Å². The van der Waals surface area contributed by atoms with Crippen LogP contribution in [0.5, 0.6) is 0 Å². The van der Waals surface area contributed by atoms with Crippen molar-refractivity contribution in [3.05, 3.63) is 29.6 Å². The second-order valence-corrected chi connectivity index (χ2v) is 3.19. The van der Waals surface area contributed by atoms with E-state index in [-0.39, 0.29) is 5.56 Å². The molecular formula is C11H11FN2O2. The maximum Gasteiger partial charge on any atom is 0.327 e. The molecule has 0 heterocycles.